The first kappa shape index (κ1) is 36.1. The molecule has 2 aromatic rings. The van der Waals surface area contributed by atoms with Crippen LogP contribution in [0, 0.1) is 0 Å². The predicted octanol–water partition coefficient (Wildman–Crippen LogP) is 5.18. The molecular weight excluding hydrogens is 676 g/mol. The second kappa shape index (κ2) is 15.3. The minimum Gasteiger partial charge on any atom is -0.493 e. The number of nitrogens with zero attached hydrogens (tertiary/aromatic N) is 4. The van der Waals surface area contributed by atoms with Crippen LogP contribution < -0.4 is 23.8 Å². The lowest BCUT2D eigenvalue weighted by atomic mass is 10.1. The van der Waals surface area contributed by atoms with E-state index in [1.165, 1.54) is 25.2 Å². The van der Waals surface area contributed by atoms with Crippen molar-refractivity contribution in [3.05, 3.63) is 59.7 Å². The van der Waals surface area contributed by atoms with Crippen LogP contribution in [0.2, 0.25) is 0 Å². The number of aliphatic imine (C=N–C) groups is 1. The number of hydrogen-bond acceptors (Lipinski definition) is 11. The van der Waals surface area contributed by atoms with Crippen LogP contribution in [0.1, 0.15) is 59.7 Å². The molecule has 1 N–H and O–H groups in total. The summed E-state index contributed by atoms with van der Waals surface area (Å²) in [5, 5.41) is 11.2. The number of rotatable bonds is 12. The van der Waals surface area contributed by atoms with E-state index in [4.69, 9.17) is 23.7 Å². The molecule has 51 heavy (non-hydrogen) atoms. The minimum atomic E-state index is -1.37. The van der Waals surface area contributed by atoms with Gasteiger partial charge in [0.25, 0.3) is 11.8 Å². The summed E-state index contributed by atoms with van der Waals surface area (Å²) >= 11 is 4.30. The molecule has 0 unspecified atom stereocenters. The maximum Gasteiger partial charge on any atom is 0.416 e. The molecule has 0 aromatic heterocycles. The summed E-state index contributed by atoms with van der Waals surface area (Å²) < 4.78 is 28.8. The summed E-state index contributed by atoms with van der Waals surface area (Å²) in [6.45, 7) is 11.3. The molecule has 2 aromatic carbocycles. The fraction of sp³-hybridized carbons (Fsp3) is 0.459. The monoisotopic (exact) mass is 720 g/mol. The molecule has 0 saturated carbocycles. The van der Waals surface area contributed by atoms with Crippen LogP contribution in [-0.4, -0.2) is 110 Å². The van der Waals surface area contributed by atoms with Crippen molar-refractivity contribution >= 4 is 48.1 Å². The molecule has 4 aliphatic rings. The van der Waals surface area contributed by atoms with Crippen molar-refractivity contribution in [1.29, 1.82) is 0 Å². The van der Waals surface area contributed by atoms with Crippen molar-refractivity contribution in [3.63, 3.8) is 0 Å². The Bertz CT molecular complexity index is 1760. The number of thiol groups is 1. The van der Waals surface area contributed by atoms with E-state index in [1.54, 1.807) is 36.2 Å². The fourth-order valence-electron chi connectivity index (χ4n) is 6.80. The minimum absolute atomic E-state index is 0.0155. The molecule has 0 radical (unpaired) electrons. The van der Waals surface area contributed by atoms with Gasteiger partial charge in [-0.3, -0.25) is 14.6 Å². The number of aliphatic hydroxyl groups is 1. The summed E-state index contributed by atoms with van der Waals surface area (Å²) in [5.74, 6) is 1.13. The van der Waals surface area contributed by atoms with Crippen molar-refractivity contribution in [2.24, 2.45) is 4.99 Å². The van der Waals surface area contributed by atoms with Gasteiger partial charge in [-0.15, -0.1) is 0 Å². The smallest absolute Gasteiger partial charge is 0.416 e. The highest BCUT2D eigenvalue weighted by molar-refractivity contribution is 7.80. The van der Waals surface area contributed by atoms with Gasteiger partial charge in [-0.05, 0) is 44.2 Å². The highest BCUT2D eigenvalue weighted by Crippen LogP contribution is 2.42. The normalized spacial score (nSPS) is 21.4. The zero-order valence-electron chi connectivity index (χ0n) is 29.1. The number of benzene rings is 2. The first-order valence-corrected chi connectivity index (χ1v) is 17.5. The molecule has 2 saturated heterocycles. The Morgan fingerprint density at radius 1 is 0.902 bits per heavy atom. The first-order chi connectivity index (χ1) is 24.5. The Balaban J connectivity index is 1.09. The van der Waals surface area contributed by atoms with E-state index in [2.05, 4.69) is 30.8 Å². The number of methoxy groups -OCH3 is 2. The molecule has 0 spiro atoms. The van der Waals surface area contributed by atoms with E-state index < -0.39 is 18.4 Å². The number of fused-ring (bicyclic) bond motifs is 4. The van der Waals surface area contributed by atoms with Crippen LogP contribution in [0.5, 0.6) is 23.0 Å². The molecule has 4 aliphatic heterocycles. The summed E-state index contributed by atoms with van der Waals surface area (Å²) in [6.07, 6.45) is 2.80. The van der Waals surface area contributed by atoms with E-state index in [9.17, 15) is 19.5 Å². The second-order valence-corrected chi connectivity index (χ2v) is 14.1. The number of unbranched alkanes of at least 4 members (excludes halogenated alkanes) is 2. The van der Waals surface area contributed by atoms with Crippen molar-refractivity contribution in [2.45, 2.75) is 62.6 Å². The Hall–Kier alpha value is -4.69. The highest BCUT2D eigenvalue weighted by Gasteiger charge is 2.46. The molecule has 0 aliphatic carbocycles. The number of carbonyl (C=O) groups excluding carboxylic acids is 3. The Morgan fingerprint density at radius 2 is 1.51 bits per heavy atom. The van der Waals surface area contributed by atoms with Gasteiger partial charge in [0, 0.05) is 36.7 Å². The van der Waals surface area contributed by atoms with Gasteiger partial charge in [-0.1, -0.05) is 31.2 Å². The van der Waals surface area contributed by atoms with Gasteiger partial charge >= 0.3 is 6.09 Å². The predicted molar refractivity (Wildman–Crippen MR) is 194 cm³/mol. The van der Waals surface area contributed by atoms with Crippen LogP contribution in [0.25, 0.3) is 0 Å². The number of amides is 3. The van der Waals surface area contributed by atoms with Crippen LogP contribution in [0.3, 0.4) is 0 Å². The van der Waals surface area contributed by atoms with Gasteiger partial charge in [-0.2, -0.15) is 12.6 Å². The average molecular weight is 721 g/mol. The Kier molecular flexibility index (Phi) is 10.8. The SMILES string of the molecule is C=C1C[C@H]2C=Nc3cc(OCCCCCOc4cc5c(cc4OC)C(=O)N4CC(=C)C[C@H]4[C@H](O)N5C(=O)OC[C@@H](C)S)c(OC)cc3C(=O)N2C1. The van der Waals surface area contributed by atoms with Gasteiger partial charge in [0.05, 0.1) is 62.0 Å². The average Bonchev–Trinajstić information content (AvgIpc) is 3.65. The lowest BCUT2D eigenvalue weighted by Crippen LogP contribution is -2.51. The van der Waals surface area contributed by atoms with Crippen LogP contribution in [0.15, 0.2) is 53.6 Å². The van der Waals surface area contributed by atoms with Gasteiger partial charge in [0.2, 0.25) is 0 Å². The summed E-state index contributed by atoms with van der Waals surface area (Å²) in [6, 6.07) is 5.72. The molecule has 3 amide bonds. The molecule has 4 heterocycles. The summed E-state index contributed by atoms with van der Waals surface area (Å²) in [7, 11) is 3.01. The van der Waals surface area contributed by atoms with Crippen LogP contribution in [-0.2, 0) is 4.74 Å². The Morgan fingerprint density at radius 3 is 2.18 bits per heavy atom. The lowest BCUT2D eigenvalue weighted by molar-refractivity contribution is 0.0491. The topological polar surface area (TPSA) is 140 Å². The van der Waals surface area contributed by atoms with E-state index in [0.717, 1.165) is 22.5 Å². The molecular formula is C37H44N4O9S. The van der Waals surface area contributed by atoms with Crippen molar-refractivity contribution in [2.75, 3.05) is 52.0 Å². The van der Waals surface area contributed by atoms with Crippen molar-refractivity contribution in [1.82, 2.24) is 9.80 Å². The molecule has 13 nitrogen and oxygen atoms in total. The van der Waals surface area contributed by atoms with E-state index in [-0.39, 0.29) is 47.5 Å². The lowest BCUT2D eigenvalue weighted by Gasteiger charge is -2.31. The van der Waals surface area contributed by atoms with Gasteiger partial charge in [-0.25, -0.2) is 9.69 Å². The third-order valence-electron chi connectivity index (χ3n) is 9.33. The van der Waals surface area contributed by atoms with Gasteiger partial charge < -0.3 is 38.6 Å². The molecule has 272 valence electrons. The summed E-state index contributed by atoms with van der Waals surface area (Å²) in [5.41, 5.74) is 3.14. The quantitative estimate of drug-likeness (QED) is 0.173. The maximum atomic E-state index is 13.7. The third kappa shape index (κ3) is 7.38. The van der Waals surface area contributed by atoms with E-state index in [1.807, 2.05) is 0 Å². The molecule has 4 atom stereocenters. The second-order valence-electron chi connectivity index (χ2n) is 13.2. The largest absolute Gasteiger partial charge is 0.493 e. The van der Waals surface area contributed by atoms with Gasteiger partial charge in [0.1, 0.15) is 6.61 Å². The number of anilines is 1. The molecule has 14 heteroatoms. The first-order valence-electron chi connectivity index (χ1n) is 17.0. The fourth-order valence-corrected chi connectivity index (χ4v) is 6.87. The molecule has 6 rings (SSSR count). The number of hydrogen-bond donors (Lipinski definition) is 2. The maximum absolute atomic E-state index is 13.7. The number of ether oxygens (including phenoxy) is 5. The van der Waals surface area contributed by atoms with Crippen LogP contribution >= 0.6 is 12.6 Å². The highest BCUT2D eigenvalue weighted by atomic mass is 32.1. The van der Waals surface area contributed by atoms with Crippen molar-refractivity contribution < 1.29 is 43.2 Å². The zero-order valence-corrected chi connectivity index (χ0v) is 30.0. The third-order valence-corrected chi connectivity index (χ3v) is 9.48. The molecule has 0 bridgehead atoms. The van der Waals surface area contributed by atoms with Gasteiger partial charge in [0.15, 0.2) is 29.2 Å². The summed E-state index contributed by atoms with van der Waals surface area (Å²) in [4.78, 5) is 49.3. The standard InChI is InChI=1S/C37H44N4O9S/c1-21-11-24-17-38-27-15-32(30(46-4)13-25(27)34(42)39(24)18-21)48-9-7-6-8-10-49-33-16-28-26(14-31(33)47-5)35(43)40-19-22(2)12-29(40)36(44)41(28)37(45)50-20-23(3)51/h13-17,23-24,29,36,44,51H,1-2,6-12,18-20H2,3-5H3/t23-,24+,29+,36+/m1/s1. The van der Waals surface area contributed by atoms with Crippen molar-refractivity contribution in [3.8, 4) is 23.0 Å². The van der Waals surface area contributed by atoms with E-state index in [0.29, 0.717) is 79.7 Å². The van der Waals surface area contributed by atoms with E-state index >= 15 is 0 Å². The number of aliphatic hydroxyl groups excluding tert-OH is 1. The molecule has 2 fully saturated rings. The van der Waals surface area contributed by atoms with Crippen LogP contribution in [0.4, 0.5) is 16.2 Å². The number of carbonyl (C=O) groups is 3. The zero-order chi connectivity index (χ0) is 36.4. The Labute approximate surface area is 302 Å².